The lowest BCUT2D eigenvalue weighted by Crippen LogP contribution is -2.63. The van der Waals surface area contributed by atoms with Gasteiger partial charge in [0.1, 0.15) is 0 Å². The van der Waals surface area contributed by atoms with Crippen molar-refractivity contribution in [2.24, 2.45) is 0 Å². The van der Waals surface area contributed by atoms with Crippen LogP contribution in [0, 0.1) is 0 Å². The third kappa shape index (κ3) is 3.33. The Kier molecular flexibility index (Phi) is 5.46. The van der Waals surface area contributed by atoms with Crippen LogP contribution in [0.15, 0.2) is 0 Å². The van der Waals surface area contributed by atoms with E-state index in [1.807, 2.05) is 0 Å². The Hall–Kier alpha value is -0.850. The number of halogens is 1. The molecule has 0 unspecified atom stereocenters. The van der Waals surface area contributed by atoms with Gasteiger partial charge < -0.3 is 10.6 Å². The monoisotopic (exact) mass is 316 g/mol. The molecule has 21 heavy (non-hydrogen) atoms. The van der Waals surface area contributed by atoms with Crippen molar-refractivity contribution in [1.29, 1.82) is 0 Å². The second kappa shape index (κ2) is 6.94. The molecule has 3 aliphatic rings. The molecule has 1 aliphatic carbocycles. The van der Waals surface area contributed by atoms with E-state index in [2.05, 4.69) is 15.5 Å². The van der Waals surface area contributed by atoms with Crippen molar-refractivity contribution < 1.29 is 9.59 Å². The minimum Gasteiger partial charge on any atom is -0.329 e. The Balaban J connectivity index is 0.00000161. The van der Waals surface area contributed by atoms with Gasteiger partial charge in [0, 0.05) is 38.3 Å². The summed E-state index contributed by atoms with van der Waals surface area (Å²) in [5, 5.41) is 6.10. The van der Waals surface area contributed by atoms with Gasteiger partial charge in [-0.05, 0) is 12.8 Å². The number of hydrogen-bond acceptors (Lipinski definition) is 4. The van der Waals surface area contributed by atoms with Crippen LogP contribution in [0.3, 0.4) is 0 Å². The van der Waals surface area contributed by atoms with Crippen molar-refractivity contribution in [2.75, 3.05) is 39.3 Å². The maximum atomic E-state index is 11.6. The first-order valence-corrected chi connectivity index (χ1v) is 7.75. The SMILES string of the molecule is Cl.O=C1CNC(=O)N1CCN1CCNCC12CCCCC2. The maximum absolute atomic E-state index is 11.6. The molecular weight excluding hydrogens is 292 g/mol. The zero-order chi connectivity index (χ0) is 14.0. The van der Waals surface area contributed by atoms with E-state index in [-0.39, 0.29) is 36.4 Å². The number of carbonyl (C=O) groups excluding carboxylic acids is 2. The lowest BCUT2D eigenvalue weighted by atomic mass is 9.79. The number of amides is 3. The summed E-state index contributed by atoms with van der Waals surface area (Å²) in [6.45, 7) is 4.55. The summed E-state index contributed by atoms with van der Waals surface area (Å²) in [5.41, 5.74) is 0.260. The van der Waals surface area contributed by atoms with Crippen LogP contribution in [-0.2, 0) is 4.79 Å². The topological polar surface area (TPSA) is 64.7 Å². The number of piperazine rings is 1. The first-order valence-electron chi connectivity index (χ1n) is 7.75. The molecule has 3 fully saturated rings. The summed E-state index contributed by atoms with van der Waals surface area (Å²) in [4.78, 5) is 27.1. The number of carbonyl (C=O) groups is 2. The molecule has 0 bridgehead atoms. The molecule has 0 aromatic rings. The third-order valence-electron chi connectivity index (χ3n) is 5.00. The van der Waals surface area contributed by atoms with E-state index >= 15 is 0 Å². The molecule has 0 aromatic heterocycles. The lowest BCUT2D eigenvalue weighted by molar-refractivity contribution is -0.125. The smallest absolute Gasteiger partial charge is 0.324 e. The van der Waals surface area contributed by atoms with E-state index in [1.165, 1.54) is 37.0 Å². The van der Waals surface area contributed by atoms with Gasteiger partial charge in [0.2, 0.25) is 5.91 Å². The standard InChI is InChI=1S/C14H24N4O2.ClH/c19-12-10-16-13(20)18(12)9-8-17-7-6-15-11-14(17)4-2-1-3-5-14;/h15H,1-11H2,(H,16,20);1H. The fourth-order valence-corrected chi connectivity index (χ4v) is 3.84. The molecule has 2 N–H and O–H groups in total. The number of imide groups is 1. The van der Waals surface area contributed by atoms with Crippen molar-refractivity contribution in [3.63, 3.8) is 0 Å². The van der Waals surface area contributed by atoms with Gasteiger partial charge in [0.25, 0.3) is 0 Å². The van der Waals surface area contributed by atoms with Crippen molar-refractivity contribution in [3.05, 3.63) is 0 Å². The third-order valence-corrected chi connectivity index (χ3v) is 5.00. The maximum Gasteiger partial charge on any atom is 0.324 e. The molecule has 2 heterocycles. The van der Waals surface area contributed by atoms with Gasteiger partial charge in [-0.25, -0.2) is 4.79 Å². The van der Waals surface area contributed by atoms with Gasteiger partial charge in [-0.3, -0.25) is 14.6 Å². The largest absolute Gasteiger partial charge is 0.329 e. The van der Waals surface area contributed by atoms with Crippen molar-refractivity contribution >= 4 is 24.3 Å². The van der Waals surface area contributed by atoms with Gasteiger partial charge in [0.15, 0.2) is 0 Å². The van der Waals surface area contributed by atoms with E-state index in [4.69, 9.17) is 0 Å². The number of urea groups is 1. The van der Waals surface area contributed by atoms with E-state index in [9.17, 15) is 9.59 Å². The van der Waals surface area contributed by atoms with Crippen LogP contribution < -0.4 is 10.6 Å². The molecule has 3 amide bonds. The quantitative estimate of drug-likeness (QED) is 0.747. The molecule has 6 nitrogen and oxygen atoms in total. The Labute approximate surface area is 132 Å². The number of nitrogens with one attached hydrogen (secondary N) is 2. The lowest BCUT2D eigenvalue weighted by Gasteiger charge is -2.50. The highest BCUT2D eigenvalue weighted by Crippen LogP contribution is 2.34. The Morgan fingerprint density at radius 3 is 2.52 bits per heavy atom. The number of nitrogens with zero attached hydrogens (tertiary/aromatic N) is 2. The second-order valence-corrected chi connectivity index (χ2v) is 6.15. The molecule has 3 rings (SSSR count). The predicted molar refractivity (Wildman–Crippen MR) is 82.6 cm³/mol. The van der Waals surface area contributed by atoms with Crippen molar-refractivity contribution in [1.82, 2.24) is 20.4 Å². The van der Waals surface area contributed by atoms with Gasteiger partial charge in [-0.2, -0.15) is 0 Å². The van der Waals surface area contributed by atoms with E-state index in [0.29, 0.717) is 6.54 Å². The highest BCUT2D eigenvalue weighted by molar-refractivity contribution is 6.01. The highest BCUT2D eigenvalue weighted by Gasteiger charge is 2.40. The van der Waals surface area contributed by atoms with Crippen molar-refractivity contribution in [3.8, 4) is 0 Å². The molecule has 7 heteroatoms. The number of rotatable bonds is 3. The van der Waals surface area contributed by atoms with Crippen LogP contribution >= 0.6 is 12.4 Å². The van der Waals surface area contributed by atoms with Crippen LogP contribution in [0.25, 0.3) is 0 Å². The summed E-state index contributed by atoms with van der Waals surface area (Å²) in [7, 11) is 0. The average Bonchev–Trinajstić information content (AvgIpc) is 2.78. The fourth-order valence-electron chi connectivity index (χ4n) is 3.84. The van der Waals surface area contributed by atoms with Crippen LogP contribution in [0.5, 0.6) is 0 Å². The van der Waals surface area contributed by atoms with Crippen LogP contribution in [0.4, 0.5) is 4.79 Å². The molecule has 2 saturated heterocycles. The Bertz CT molecular complexity index is 374. The van der Waals surface area contributed by atoms with Crippen LogP contribution in [0.1, 0.15) is 32.1 Å². The summed E-state index contributed by atoms with van der Waals surface area (Å²) >= 11 is 0. The Morgan fingerprint density at radius 1 is 1.10 bits per heavy atom. The van der Waals surface area contributed by atoms with E-state index < -0.39 is 0 Å². The molecule has 120 valence electrons. The van der Waals surface area contributed by atoms with Crippen LogP contribution in [0.2, 0.25) is 0 Å². The average molecular weight is 317 g/mol. The summed E-state index contributed by atoms with van der Waals surface area (Å²) in [5.74, 6) is -0.0946. The van der Waals surface area contributed by atoms with Gasteiger partial charge in [0.05, 0.1) is 6.54 Å². The summed E-state index contributed by atoms with van der Waals surface area (Å²) < 4.78 is 0. The molecule has 1 saturated carbocycles. The Morgan fingerprint density at radius 2 is 1.86 bits per heavy atom. The first-order chi connectivity index (χ1) is 9.71. The molecule has 0 atom stereocenters. The van der Waals surface area contributed by atoms with E-state index in [1.54, 1.807) is 0 Å². The first kappa shape index (κ1) is 16.5. The predicted octanol–water partition coefficient (Wildman–Crippen LogP) is 0.568. The van der Waals surface area contributed by atoms with Crippen LogP contribution in [-0.4, -0.2) is 66.5 Å². The minimum atomic E-state index is -0.233. The van der Waals surface area contributed by atoms with E-state index in [0.717, 1.165) is 26.2 Å². The molecule has 1 spiro atoms. The minimum absolute atomic E-state index is 0. The zero-order valence-corrected chi connectivity index (χ0v) is 13.2. The van der Waals surface area contributed by atoms with Gasteiger partial charge in [-0.15, -0.1) is 12.4 Å². The second-order valence-electron chi connectivity index (χ2n) is 6.15. The molecule has 0 aromatic carbocycles. The zero-order valence-electron chi connectivity index (χ0n) is 12.4. The summed E-state index contributed by atoms with van der Waals surface area (Å²) in [6, 6.07) is -0.233. The molecular formula is C14H25ClN4O2. The normalized spacial score (nSPS) is 25.8. The molecule has 2 aliphatic heterocycles. The summed E-state index contributed by atoms with van der Waals surface area (Å²) in [6.07, 6.45) is 6.39. The van der Waals surface area contributed by atoms with Gasteiger partial charge >= 0.3 is 6.03 Å². The highest BCUT2D eigenvalue weighted by atomic mass is 35.5. The number of hydrogen-bond donors (Lipinski definition) is 2. The molecule has 0 radical (unpaired) electrons. The fraction of sp³-hybridized carbons (Fsp3) is 0.857. The van der Waals surface area contributed by atoms with Crippen molar-refractivity contribution in [2.45, 2.75) is 37.6 Å². The van der Waals surface area contributed by atoms with Gasteiger partial charge in [-0.1, -0.05) is 19.3 Å².